The summed E-state index contributed by atoms with van der Waals surface area (Å²) in [7, 11) is 0. The third-order valence-electron chi connectivity index (χ3n) is 2.89. The molecule has 0 amide bonds. The van der Waals surface area contributed by atoms with Gasteiger partial charge in [0.15, 0.2) is 0 Å². The van der Waals surface area contributed by atoms with Gasteiger partial charge in [-0.3, -0.25) is 0 Å². The molecule has 0 aliphatic rings. The lowest BCUT2D eigenvalue weighted by Gasteiger charge is -2.05. The molecule has 0 unspecified atom stereocenters. The van der Waals surface area contributed by atoms with Crippen LogP contribution in [0.25, 0.3) is 0 Å². The zero-order valence-corrected chi connectivity index (χ0v) is 12.1. The summed E-state index contributed by atoms with van der Waals surface area (Å²) in [6, 6.07) is 4.95. The third-order valence-corrected chi connectivity index (χ3v) is 3.19. The molecule has 1 aromatic heterocycles. The Balaban J connectivity index is 2.01. The predicted octanol–water partition coefficient (Wildman–Crippen LogP) is 3.36. The minimum Gasteiger partial charge on any atom is -0.313 e. The molecule has 0 radical (unpaired) electrons. The van der Waals surface area contributed by atoms with Crippen molar-refractivity contribution in [2.75, 3.05) is 6.54 Å². The Labute approximate surface area is 123 Å². The lowest BCUT2D eigenvalue weighted by Crippen LogP contribution is -2.14. The van der Waals surface area contributed by atoms with Crippen LogP contribution in [-0.2, 0) is 13.0 Å². The van der Waals surface area contributed by atoms with E-state index in [1.54, 1.807) is 24.5 Å². The Bertz CT molecular complexity index is 558. The van der Waals surface area contributed by atoms with Gasteiger partial charge in [-0.25, -0.2) is 14.4 Å². The smallest absolute Gasteiger partial charge is 0.145 e. The van der Waals surface area contributed by atoms with Gasteiger partial charge in [-0.2, -0.15) is 0 Å². The van der Waals surface area contributed by atoms with Gasteiger partial charge in [-0.1, -0.05) is 30.7 Å². The molecule has 1 heterocycles. The van der Waals surface area contributed by atoms with E-state index in [9.17, 15) is 4.39 Å². The van der Waals surface area contributed by atoms with Crippen LogP contribution in [0.5, 0.6) is 0 Å². The molecular weight excluding hydrogens is 277 g/mol. The highest BCUT2D eigenvalue weighted by molar-refractivity contribution is 6.30. The van der Waals surface area contributed by atoms with Crippen LogP contribution in [0, 0.1) is 5.82 Å². The monoisotopic (exact) mass is 293 g/mol. The average molecular weight is 294 g/mol. The second-order valence-corrected chi connectivity index (χ2v) is 4.98. The number of halogens is 2. The van der Waals surface area contributed by atoms with Gasteiger partial charge in [0.2, 0.25) is 0 Å². The Hall–Kier alpha value is -1.52. The molecule has 1 aromatic carbocycles. The van der Waals surface area contributed by atoms with Gasteiger partial charge in [0, 0.05) is 30.9 Å². The van der Waals surface area contributed by atoms with Crippen molar-refractivity contribution in [1.82, 2.24) is 15.3 Å². The average Bonchev–Trinajstić information content (AvgIpc) is 2.46. The zero-order valence-electron chi connectivity index (χ0n) is 11.4. The van der Waals surface area contributed by atoms with E-state index >= 15 is 0 Å². The summed E-state index contributed by atoms with van der Waals surface area (Å²) >= 11 is 5.75. The molecule has 1 N–H and O–H groups in total. The number of hydrogen-bond donors (Lipinski definition) is 1. The molecule has 3 nitrogen and oxygen atoms in total. The summed E-state index contributed by atoms with van der Waals surface area (Å²) in [5.41, 5.74) is 1.53. The van der Waals surface area contributed by atoms with Crippen LogP contribution in [-0.4, -0.2) is 16.5 Å². The van der Waals surface area contributed by atoms with E-state index in [0.29, 0.717) is 17.8 Å². The summed E-state index contributed by atoms with van der Waals surface area (Å²) in [6.07, 6.45) is 4.98. The zero-order chi connectivity index (χ0) is 14.4. The van der Waals surface area contributed by atoms with Crippen LogP contribution in [0.1, 0.15) is 30.3 Å². The Morgan fingerprint density at radius 3 is 2.70 bits per heavy atom. The Kier molecular flexibility index (Phi) is 5.44. The Morgan fingerprint density at radius 1 is 1.25 bits per heavy atom. The quantitative estimate of drug-likeness (QED) is 0.830. The lowest BCUT2D eigenvalue weighted by molar-refractivity contribution is 0.612. The molecule has 0 saturated carbocycles. The first-order valence-electron chi connectivity index (χ1n) is 6.64. The van der Waals surface area contributed by atoms with Gasteiger partial charge in [-0.15, -0.1) is 0 Å². The van der Waals surface area contributed by atoms with E-state index in [1.165, 1.54) is 6.07 Å². The number of benzene rings is 1. The topological polar surface area (TPSA) is 37.8 Å². The van der Waals surface area contributed by atoms with Crippen molar-refractivity contribution >= 4 is 11.6 Å². The molecule has 5 heteroatoms. The molecule has 2 aromatic rings. The number of aromatic nitrogens is 2. The summed E-state index contributed by atoms with van der Waals surface area (Å²) in [5.74, 6) is 0.192. The first kappa shape index (κ1) is 14.9. The molecular formula is C15H17ClFN3. The van der Waals surface area contributed by atoms with Gasteiger partial charge in [0.25, 0.3) is 0 Å². The van der Waals surface area contributed by atoms with E-state index in [1.807, 2.05) is 0 Å². The van der Waals surface area contributed by atoms with Crippen LogP contribution in [0.4, 0.5) is 4.39 Å². The fourth-order valence-electron chi connectivity index (χ4n) is 1.83. The lowest BCUT2D eigenvalue weighted by atomic mass is 10.1. The fourth-order valence-corrected chi connectivity index (χ4v) is 2.02. The first-order chi connectivity index (χ1) is 9.70. The van der Waals surface area contributed by atoms with Crippen molar-refractivity contribution in [3.8, 4) is 0 Å². The SMILES string of the molecule is CCCNCc1cnc(Cc2cccc(Cl)c2F)nc1. The van der Waals surface area contributed by atoms with Gasteiger partial charge >= 0.3 is 0 Å². The molecule has 0 bridgehead atoms. The van der Waals surface area contributed by atoms with Crippen molar-refractivity contribution in [3.63, 3.8) is 0 Å². The predicted molar refractivity (Wildman–Crippen MR) is 78.2 cm³/mol. The highest BCUT2D eigenvalue weighted by Crippen LogP contribution is 2.19. The maximum Gasteiger partial charge on any atom is 0.145 e. The largest absolute Gasteiger partial charge is 0.313 e. The number of rotatable bonds is 6. The van der Waals surface area contributed by atoms with Crippen LogP contribution in [0.2, 0.25) is 5.02 Å². The molecule has 0 aliphatic heterocycles. The molecule has 2 rings (SSSR count). The second-order valence-electron chi connectivity index (χ2n) is 4.57. The van der Waals surface area contributed by atoms with Crippen molar-refractivity contribution in [3.05, 3.63) is 58.4 Å². The number of nitrogens with zero attached hydrogens (tertiary/aromatic N) is 2. The van der Waals surface area contributed by atoms with E-state index < -0.39 is 5.82 Å². The molecule has 0 fully saturated rings. The third kappa shape index (κ3) is 3.99. The maximum absolute atomic E-state index is 13.8. The standard InChI is InChI=1S/C15H17ClFN3/c1-2-6-18-8-11-9-19-14(20-10-11)7-12-4-3-5-13(16)15(12)17/h3-5,9-10,18H,2,6-8H2,1H3. The molecule has 20 heavy (non-hydrogen) atoms. The molecule has 0 atom stereocenters. The van der Waals surface area contributed by atoms with Crippen LogP contribution in [0.3, 0.4) is 0 Å². The van der Waals surface area contributed by atoms with Gasteiger partial charge < -0.3 is 5.32 Å². The minimum absolute atomic E-state index is 0.128. The summed E-state index contributed by atoms with van der Waals surface area (Å²) in [4.78, 5) is 8.53. The first-order valence-corrected chi connectivity index (χ1v) is 7.02. The highest BCUT2D eigenvalue weighted by Gasteiger charge is 2.08. The van der Waals surface area contributed by atoms with E-state index in [4.69, 9.17) is 11.6 Å². The van der Waals surface area contributed by atoms with E-state index in [-0.39, 0.29) is 5.02 Å². The van der Waals surface area contributed by atoms with E-state index in [2.05, 4.69) is 22.2 Å². The maximum atomic E-state index is 13.8. The van der Waals surface area contributed by atoms with Crippen molar-refractivity contribution in [2.45, 2.75) is 26.3 Å². The molecule has 0 spiro atoms. The number of nitrogens with one attached hydrogen (secondary N) is 1. The molecule has 0 saturated heterocycles. The van der Waals surface area contributed by atoms with Crippen molar-refractivity contribution in [2.24, 2.45) is 0 Å². The molecule has 106 valence electrons. The van der Waals surface area contributed by atoms with Crippen molar-refractivity contribution in [1.29, 1.82) is 0 Å². The van der Waals surface area contributed by atoms with Gasteiger partial charge in [0.1, 0.15) is 11.6 Å². The molecule has 0 aliphatic carbocycles. The number of hydrogen-bond acceptors (Lipinski definition) is 3. The minimum atomic E-state index is -0.397. The van der Waals surface area contributed by atoms with E-state index in [0.717, 1.165) is 25.1 Å². The normalized spacial score (nSPS) is 10.8. The summed E-state index contributed by atoms with van der Waals surface area (Å²) < 4.78 is 13.8. The summed E-state index contributed by atoms with van der Waals surface area (Å²) in [5, 5.41) is 3.41. The van der Waals surface area contributed by atoms with Crippen LogP contribution in [0.15, 0.2) is 30.6 Å². The van der Waals surface area contributed by atoms with Crippen LogP contribution < -0.4 is 5.32 Å². The van der Waals surface area contributed by atoms with Crippen LogP contribution >= 0.6 is 11.6 Å². The van der Waals surface area contributed by atoms with Gasteiger partial charge in [0.05, 0.1) is 5.02 Å². The van der Waals surface area contributed by atoms with Gasteiger partial charge in [-0.05, 0) is 24.6 Å². The second kappa shape index (κ2) is 7.31. The summed E-state index contributed by atoms with van der Waals surface area (Å²) in [6.45, 7) is 3.83. The fraction of sp³-hybridized carbons (Fsp3) is 0.333. The Morgan fingerprint density at radius 2 is 2.00 bits per heavy atom. The highest BCUT2D eigenvalue weighted by atomic mass is 35.5. The van der Waals surface area contributed by atoms with Crippen molar-refractivity contribution < 1.29 is 4.39 Å².